The second-order valence-corrected chi connectivity index (χ2v) is 4.21. The van der Waals surface area contributed by atoms with Gasteiger partial charge in [-0.1, -0.05) is 11.3 Å². The van der Waals surface area contributed by atoms with Gasteiger partial charge >= 0.3 is 0 Å². The second kappa shape index (κ2) is 4.31. The van der Waals surface area contributed by atoms with Crippen LogP contribution in [0.1, 0.15) is 4.88 Å². The fourth-order valence-corrected chi connectivity index (χ4v) is 1.75. The number of hydrogen-bond acceptors (Lipinski definition) is 4. The molecule has 2 rings (SSSR count). The van der Waals surface area contributed by atoms with Crippen LogP contribution in [0.4, 0.5) is 0 Å². The van der Waals surface area contributed by atoms with E-state index in [1.165, 1.54) is 11.3 Å². The van der Waals surface area contributed by atoms with Gasteiger partial charge in [0.15, 0.2) is 0 Å². The number of ether oxygens (including phenoxy) is 2. The first kappa shape index (κ1) is 9.98. The summed E-state index contributed by atoms with van der Waals surface area (Å²) in [6, 6.07) is 7.43. The number of rotatable bonds is 3. The normalized spacial score (nSPS) is 10.0. The Morgan fingerprint density at radius 3 is 2.33 bits per heavy atom. The summed E-state index contributed by atoms with van der Waals surface area (Å²) in [6.07, 6.45) is 1.80. The lowest BCUT2D eigenvalue weighted by molar-refractivity contribution is 0.412. The minimum absolute atomic E-state index is 0.665. The SMILES string of the molecule is COc1ccc(Oc2ncc(C)s2)cc1. The van der Waals surface area contributed by atoms with Gasteiger partial charge in [-0.05, 0) is 31.2 Å². The van der Waals surface area contributed by atoms with E-state index >= 15 is 0 Å². The summed E-state index contributed by atoms with van der Waals surface area (Å²) in [6.45, 7) is 2.00. The highest BCUT2D eigenvalue weighted by molar-refractivity contribution is 7.13. The van der Waals surface area contributed by atoms with Crippen LogP contribution in [0.5, 0.6) is 16.7 Å². The summed E-state index contributed by atoms with van der Waals surface area (Å²) in [5.74, 6) is 1.59. The molecule has 0 spiro atoms. The molecule has 0 aliphatic carbocycles. The Morgan fingerprint density at radius 2 is 1.80 bits per heavy atom. The average Bonchev–Trinajstić information content (AvgIpc) is 2.65. The first-order chi connectivity index (χ1) is 7.28. The van der Waals surface area contributed by atoms with E-state index in [0.717, 1.165) is 16.4 Å². The highest BCUT2D eigenvalue weighted by Gasteiger charge is 2.01. The maximum atomic E-state index is 5.55. The number of thiazole rings is 1. The first-order valence-electron chi connectivity index (χ1n) is 4.52. The Labute approximate surface area is 92.3 Å². The number of benzene rings is 1. The molecule has 4 heteroatoms. The monoisotopic (exact) mass is 221 g/mol. The molecule has 0 bridgehead atoms. The van der Waals surface area contributed by atoms with Crippen molar-refractivity contribution in [2.24, 2.45) is 0 Å². The number of nitrogens with zero attached hydrogens (tertiary/aromatic N) is 1. The molecular weight excluding hydrogens is 210 g/mol. The highest BCUT2D eigenvalue weighted by atomic mass is 32.1. The average molecular weight is 221 g/mol. The lowest BCUT2D eigenvalue weighted by Crippen LogP contribution is -1.84. The van der Waals surface area contributed by atoms with Gasteiger partial charge in [0.25, 0.3) is 5.19 Å². The Bertz CT molecular complexity index is 436. The molecule has 0 saturated heterocycles. The van der Waals surface area contributed by atoms with Crippen LogP contribution in [0.15, 0.2) is 30.5 Å². The van der Waals surface area contributed by atoms with Crippen molar-refractivity contribution in [3.8, 4) is 16.7 Å². The quantitative estimate of drug-likeness (QED) is 0.797. The van der Waals surface area contributed by atoms with Crippen LogP contribution < -0.4 is 9.47 Å². The van der Waals surface area contributed by atoms with Gasteiger partial charge in [0.1, 0.15) is 11.5 Å². The topological polar surface area (TPSA) is 31.4 Å². The fraction of sp³-hybridized carbons (Fsp3) is 0.182. The Kier molecular flexibility index (Phi) is 2.87. The zero-order valence-corrected chi connectivity index (χ0v) is 9.38. The summed E-state index contributed by atoms with van der Waals surface area (Å²) >= 11 is 1.53. The molecule has 0 aliphatic rings. The molecule has 0 fully saturated rings. The van der Waals surface area contributed by atoms with E-state index in [9.17, 15) is 0 Å². The third-order valence-electron chi connectivity index (χ3n) is 1.86. The molecule has 0 aliphatic heterocycles. The van der Waals surface area contributed by atoms with Crippen molar-refractivity contribution in [1.82, 2.24) is 4.98 Å². The van der Waals surface area contributed by atoms with Crippen molar-refractivity contribution >= 4 is 11.3 Å². The van der Waals surface area contributed by atoms with Gasteiger partial charge in [0.05, 0.1) is 7.11 Å². The lowest BCUT2D eigenvalue weighted by Gasteiger charge is -2.02. The van der Waals surface area contributed by atoms with Crippen LogP contribution in [-0.2, 0) is 0 Å². The van der Waals surface area contributed by atoms with Gasteiger partial charge in [0.2, 0.25) is 0 Å². The van der Waals surface area contributed by atoms with Crippen molar-refractivity contribution < 1.29 is 9.47 Å². The van der Waals surface area contributed by atoms with Crippen molar-refractivity contribution in [3.63, 3.8) is 0 Å². The van der Waals surface area contributed by atoms with E-state index in [2.05, 4.69) is 4.98 Å². The molecule has 1 aromatic heterocycles. The minimum Gasteiger partial charge on any atom is -0.497 e. The van der Waals surface area contributed by atoms with E-state index < -0.39 is 0 Å². The third-order valence-corrected chi connectivity index (χ3v) is 2.66. The molecule has 15 heavy (non-hydrogen) atoms. The molecule has 1 heterocycles. The van der Waals surface area contributed by atoms with E-state index in [-0.39, 0.29) is 0 Å². The van der Waals surface area contributed by atoms with Gasteiger partial charge in [-0.3, -0.25) is 0 Å². The molecule has 0 saturated carbocycles. The van der Waals surface area contributed by atoms with Crippen LogP contribution in [0.2, 0.25) is 0 Å². The standard InChI is InChI=1S/C11H11NO2S/c1-8-7-12-11(15-8)14-10-5-3-9(13-2)4-6-10/h3-7H,1-2H3. The Morgan fingerprint density at radius 1 is 1.13 bits per heavy atom. The van der Waals surface area contributed by atoms with Gasteiger partial charge in [0, 0.05) is 11.1 Å². The van der Waals surface area contributed by atoms with Gasteiger partial charge in [-0.15, -0.1) is 0 Å². The predicted octanol–water partition coefficient (Wildman–Crippen LogP) is 3.25. The van der Waals surface area contributed by atoms with Gasteiger partial charge < -0.3 is 9.47 Å². The summed E-state index contributed by atoms with van der Waals surface area (Å²) in [5, 5.41) is 0.665. The maximum Gasteiger partial charge on any atom is 0.278 e. The van der Waals surface area contributed by atoms with Crippen LogP contribution in [-0.4, -0.2) is 12.1 Å². The summed E-state index contributed by atoms with van der Waals surface area (Å²) in [5.41, 5.74) is 0. The zero-order chi connectivity index (χ0) is 10.7. The van der Waals surface area contributed by atoms with Crippen molar-refractivity contribution in [3.05, 3.63) is 35.3 Å². The molecule has 0 atom stereocenters. The van der Waals surface area contributed by atoms with Crippen molar-refractivity contribution in [2.45, 2.75) is 6.92 Å². The van der Waals surface area contributed by atoms with E-state index in [1.54, 1.807) is 13.3 Å². The number of hydrogen-bond donors (Lipinski definition) is 0. The highest BCUT2D eigenvalue weighted by Crippen LogP contribution is 2.26. The molecule has 3 nitrogen and oxygen atoms in total. The summed E-state index contributed by atoms with van der Waals surface area (Å²) in [7, 11) is 1.64. The molecule has 78 valence electrons. The summed E-state index contributed by atoms with van der Waals surface area (Å²) in [4.78, 5) is 5.26. The number of aryl methyl sites for hydroxylation is 1. The zero-order valence-electron chi connectivity index (χ0n) is 8.56. The molecule has 0 unspecified atom stereocenters. The molecule has 2 aromatic rings. The van der Waals surface area contributed by atoms with Gasteiger partial charge in [-0.25, -0.2) is 4.98 Å². The van der Waals surface area contributed by atoms with Crippen LogP contribution in [0.25, 0.3) is 0 Å². The van der Waals surface area contributed by atoms with E-state index in [4.69, 9.17) is 9.47 Å². The van der Waals surface area contributed by atoms with Crippen molar-refractivity contribution in [1.29, 1.82) is 0 Å². The summed E-state index contributed by atoms with van der Waals surface area (Å²) < 4.78 is 10.6. The lowest BCUT2D eigenvalue weighted by atomic mass is 10.3. The third kappa shape index (κ3) is 2.47. The molecule has 0 N–H and O–H groups in total. The Hall–Kier alpha value is -1.55. The Balaban J connectivity index is 2.11. The minimum atomic E-state index is 0.665. The fourth-order valence-electron chi connectivity index (χ4n) is 1.13. The largest absolute Gasteiger partial charge is 0.497 e. The van der Waals surface area contributed by atoms with Gasteiger partial charge in [-0.2, -0.15) is 0 Å². The van der Waals surface area contributed by atoms with E-state index in [0.29, 0.717) is 5.19 Å². The van der Waals surface area contributed by atoms with Crippen LogP contribution in [0, 0.1) is 6.92 Å². The number of aromatic nitrogens is 1. The molecule has 1 aromatic carbocycles. The van der Waals surface area contributed by atoms with E-state index in [1.807, 2.05) is 31.2 Å². The number of methoxy groups -OCH3 is 1. The molecular formula is C11H11NO2S. The van der Waals surface area contributed by atoms with Crippen LogP contribution >= 0.6 is 11.3 Å². The first-order valence-corrected chi connectivity index (χ1v) is 5.34. The smallest absolute Gasteiger partial charge is 0.278 e. The van der Waals surface area contributed by atoms with Crippen LogP contribution in [0.3, 0.4) is 0 Å². The molecule has 0 amide bonds. The second-order valence-electron chi connectivity index (χ2n) is 3.01. The maximum absolute atomic E-state index is 5.55. The predicted molar refractivity (Wildman–Crippen MR) is 59.9 cm³/mol. The molecule has 0 radical (unpaired) electrons. The van der Waals surface area contributed by atoms with Crippen molar-refractivity contribution in [2.75, 3.05) is 7.11 Å².